The number of nitro groups is 1. The predicted octanol–water partition coefficient (Wildman–Crippen LogP) is 6.05. The third-order valence-electron chi connectivity index (χ3n) is 8.56. The first kappa shape index (κ1) is 24.8. The van der Waals surface area contributed by atoms with Crippen molar-refractivity contribution in [2.45, 2.75) is 18.0 Å². The summed E-state index contributed by atoms with van der Waals surface area (Å²) in [7, 11) is 0. The molecule has 0 N–H and O–H groups in total. The van der Waals surface area contributed by atoms with Gasteiger partial charge in [0, 0.05) is 40.4 Å². The number of benzene rings is 4. The number of non-ortho nitro benzene ring substituents is 1. The van der Waals surface area contributed by atoms with Crippen LogP contribution in [0.25, 0.3) is 6.08 Å². The zero-order valence-corrected chi connectivity index (χ0v) is 21.4. The lowest BCUT2D eigenvalue weighted by atomic mass is 9.64. The minimum atomic E-state index is -1.85. The molecule has 3 atom stereocenters. The number of halogens is 1. The molecule has 200 valence electrons. The van der Waals surface area contributed by atoms with Crippen LogP contribution in [-0.4, -0.2) is 34.4 Å². The number of nitrogens with zero attached hydrogens (tertiary/aromatic N) is 2. The molecule has 1 aliphatic carbocycles. The number of Topliss-reactive ketones (excluding diaryl/α,β-unsaturated/α-hetero) is 3. The summed E-state index contributed by atoms with van der Waals surface area (Å²) in [6.45, 7) is 0. The number of anilines is 1. The van der Waals surface area contributed by atoms with E-state index in [9.17, 15) is 24.5 Å². The quantitative estimate of drug-likeness (QED) is 0.134. The molecule has 4 aromatic carbocycles. The highest BCUT2D eigenvalue weighted by molar-refractivity contribution is 6.32. The molecule has 1 fully saturated rings. The molecule has 3 aliphatic rings. The van der Waals surface area contributed by atoms with Crippen molar-refractivity contribution in [3.05, 3.63) is 147 Å². The molecule has 0 unspecified atom stereocenters. The Morgan fingerprint density at radius 1 is 0.854 bits per heavy atom. The molecule has 2 heterocycles. The second kappa shape index (κ2) is 8.89. The fourth-order valence-corrected chi connectivity index (χ4v) is 6.93. The third-order valence-corrected chi connectivity index (χ3v) is 8.56. The van der Waals surface area contributed by atoms with E-state index in [0.29, 0.717) is 5.69 Å². The first-order valence-corrected chi connectivity index (χ1v) is 13.1. The maximum Gasteiger partial charge on any atom is 0.270 e. The second-order valence-electron chi connectivity index (χ2n) is 10.5. The first-order valence-electron chi connectivity index (χ1n) is 13.1. The van der Waals surface area contributed by atoms with Crippen molar-refractivity contribution in [1.29, 1.82) is 0 Å². The normalized spacial score (nSPS) is 21.5. The maximum atomic E-state index is 15.8. The highest BCUT2D eigenvalue weighted by Crippen LogP contribution is 2.61. The van der Waals surface area contributed by atoms with Crippen molar-refractivity contribution < 1.29 is 23.7 Å². The molecule has 4 aromatic rings. The van der Waals surface area contributed by atoms with Crippen LogP contribution in [0.4, 0.5) is 15.8 Å². The third kappa shape index (κ3) is 3.27. The van der Waals surface area contributed by atoms with Crippen molar-refractivity contribution in [2.24, 2.45) is 5.41 Å². The molecule has 7 nitrogen and oxygen atoms in total. The Bertz CT molecular complexity index is 1810. The van der Waals surface area contributed by atoms with Gasteiger partial charge in [0.15, 0.2) is 17.3 Å². The van der Waals surface area contributed by atoms with Crippen LogP contribution >= 0.6 is 0 Å². The van der Waals surface area contributed by atoms with Crippen molar-refractivity contribution in [2.75, 3.05) is 4.90 Å². The van der Waals surface area contributed by atoms with Crippen molar-refractivity contribution in [3.63, 3.8) is 0 Å². The number of carbonyl (C=O) groups excluding carboxylic acids is 3. The van der Waals surface area contributed by atoms with E-state index in [2.05, 4.69) is 0 Å². The van der Waals surface area contributed by atoms with Gasteiger partial charge in [-0.1, -0.05) is 84.9 Å². The van der Waals surface area contributed by atoms with Gasteiger partial charge in [0.2, 0.25) is 0 Å². The first-order chi connectivity index (χ1) is 19.9. The molecule has 8 heteroatoms. The zero-order chi connectivity index (χ0) is 28.5. The number of hydrogen-bond acceptors (Lipinski definition) is 6. The van der Waals surface area contributed by atoms with E-state index < -0.39 is 51.5 Å². The number of para-hydroxylation sites is 1. The van der Waals surface area contributed by atoms with Gasteiger partial charge < -0.3 is 4.90 Å². The molecule has 0 bridgehead atoms. The summed E-state index contributed by atoms with van der Waals surface area (Å²) in [6.07, 6.45) is 3.57. The molecule has 41 heavy (non-hydrogen) atoms. The fourth-order valence-electron chi connectivity index (χ4n) is 6.93. The Balaban J connectivity index is 1.55. The predicted molar refractivity (Wildman–Crippen MR) is 150 cm³/mol. The molecule has 1 spiro atoms. The summed E-state index contributed by atoms with van der Waals surface area (Å²) in [5.41, 5.74) is -0.198. The summed E-state index contributed by atoms with van der Waals surface area (Å²) in [5.74, 6) is -3.38. The van der Waals surface area contributed by atoms with Gasteiger partial charge in [0.25, 0.3) is 5.69 Å². The van der Waals surface area contributed by atoms with Gasteiger partial charge in [-0.2, -0.15) is 0 Å². The van der Waals surface area contributed by atoms with Gasteiger partial charge in [-0.3, -0.25) is 24.5 Å². The molecule has 1 saturated heterocycles. The van der Waals surface area contributed by atoms with Crippen LogP contribution in [0.15, 0.2) is 103 Å². The number of ketones is 3. The van der Waals surface area contributed by atoms with Crippen LogP contribution in [0.5, 0.6) is 0 Å². The Kier molecular flexibility index (Phi) is 5.37. The summed E-state index contributed by atoms with van der Waals surface area (Å²) in [5, 5.41) is 11.6. The maximum absolute atomic E-state index is 15.8. The molecule has 0 radical (unpaired) electrons. The van der Waals surface area contributed by atoms with Gasteiger partial charge in [-0.05, 0) is 23.3 Å². The van der Waals surface area contributed by atoms with E-state index in [1.807, 2.05) is 18.2 Å². The Morgan fingerprint density at radius 3 is 2.22 bits per heavy atom. The highest BCUT2D eigenvalue weighted by Gasteiger charge is 2.71. The van der Waals surface area contributed by atoms with Gasteiger partial charge in [0.05, 0.1) is 11.0 Å². The summed E-state index contributed by atoms with van der Waals surface area (Å²) < 4.78 is 15.8. The lowest BCUT2D eigenvalue weighted by Gasteiger charge is -2.37. The van der Waals surface area contributed by atoms with E-state index >= 15 is 4.39 Å². The number of rotatable bonds is 4. The minimum absolute atomic E-state index is 0.0313. The van der Waals surface area contributed by atoms with Crippen LogP contribution < -0.4 is 4.90 Å². The number of fused-ring (bicyclic) bond motifs is 5. The monoisotopic (exact) mass is 544 g/mol. The Labute approximate surface area is 233 Å². The largest absolute Gasteiger partial charge is 0.352 e. The van der Waals surface area contributed by atoms with Crippen LogP contribution in [0, 0.1) is 21.3 Å². The topological polar surface area (TPSA) is 97.6 Å². The lowest BCUT2D eigenvalue weighted by molar-refractivity contribution is -0.384. The van der Waals surface area contributed by atoms with Crippen molar-refractivity contribution >= 4 is 34.8 Å². The fraction of sp³-hybridized carbons (Fsp3) is 0.121. The molecular weight excluding hydrogens is 523 g/mol. The second-order valence-corrected chi connectivity index (χ2v) is 10.5. The minimum Gasteiger partial charge on any atom is -0.352 e. The van der Waals surface area contributed by atoms with E-state index in [1.165, 1.54) is 42.5 Å². The standard InChI is InChI=1S/C33H21FN2O5/c34-25-14-5-4-13-24(25)28-29(30(37)20-9-7-10-21(18-20)36(40)41)35-26-15-6-1-8-19(26)16-17-27(35)33(28)31(38)22-11-2-3-12-23(22)32(33)39/h1-18,27-29H/t27-,28+,29-/m0/s1. The molecule has 0 aromatic heterocycles. The van der Waals surface area contributed by atoms with E-state index in [0.717, 1.165) is 5.56 Å². The molecular formula is C33H21FN2O5. The zero-order valence-electron chi connectivity index (χ0n) is 21.4. The van der Waals surface area contributed by atoms with Crippen molar-refractivity contribution in [3.8, 4) is 0 Å². The van der Waals surface area contributed by atoms with Gasteiger partial charge in [-0.25, -0.2) is 4.39 Å². The smallest absolute Gasteiger partial charge is 0.270 e. The molecule has 2 aliphatic heterocycles. The molecule has 0 saturated carbocycles. The highest BCUT2D eigenvalue weighted by atomic mass is 19.1. The lowest BCUT2D eigenvalue weighted by Crippen LogP contribution is -2.48. The van der Waals surface area contributed by atoms with E-state index in [4.69, 9.17) is 0 Å². The Hall–Kier alpha value is -5.24. The SMILES string of the molecule is O=C(c1cccc([N+](=O)[O-])c1)[C@@H]1[C@@H](c2ccccc2F)C2(C(=O)c3ccccc3C2=O)[C@@H]2C=Cc3ccccc3N12. The van der Waals surface area contributed by atoms with Gasteiger partial charge in [0.1, 0.15) is 17.3 Å². The number of carbonyl (C=O) groups is 3. The Morgan fingerprint density at radius 2 is 1.51 bits per heavy atom. The average molecular weight is 545 g/mol. The number of nitro benzene ring substituents is 1. The van der Waals surface area contributed by atoms with Crippen LogP contribution in [0.2, 0.25) is 0 Å². The van der Waals surface area contributed by atoms with Gasteiger partial charge >= 0.3 is 0 Å². The van der Waals surface area contributed by atoms with Crippen LogP contribution in [-0.2, 0) is 0 Å². The van der Waals surface area contributed by atoms with Gasteiger partial charge in [-0.15, -0.1) is 0 Å². The summed E-state index contributed by atoms with van der Waals surface area (Å²) in [4.78, 5) is 56.4. The summed E-state index contributed by atoms with van der Waals surface area (Å²) >= 11 is 0. The van der Waals surface area contributed by atoms with E-state index in [-0.39, 0.29) is 27.9 Å². The van der Waals surface area contributed by atoms with Crippen LogP contribution in [0.3, 0.4) is 0 Å². The van der Waals surface area contributed by atoms with Crippen LogP contribution in [0.1, 0.15) is 48.1 Å². The average Bonchev–Trinajstić information content (AvgIpc) is 3.43. The molecule has 7 rings (SSSR count). The summed E-state index contributed by atoms with van der Waals surface area (Å²) in [6, 6.07) is 22.9. The number of hydrogen-bond donors (Lipinski definition) is 0. The van der Waals surface area contributed by atoms with E-state index in [1.54, 1.807) is 53.4 Å². The van der Waals surface area contributed by atoms with Crippen molar-refractivity contribution in [1.82, 2.24) is 0 Å². The molecule has 0 amide bonds.